The predicted molar refractivity (Wildman–Crippen MR) is 107 cm³/mol. The third-order valence-electron chi connectivity index (χ3n) is 3.74. The number of aryl methyl sites for hydroxylation is 2. The fourth-order valence-corrected chi connectivity index (χ4v) is 3.99. The second kappa shape index (κ2) is 8.53. The van der Waals surface area contributed by atoms with Gasteiger partial charge in [-0.2, -0.15) is 13.4 Å². The van der Waals surface area contributed by atoms with E-state index in [0.29, 0.717) is 11.3 Å². The van der Waals surface area contributed by atoms with E-state index in [-0.39, 0.29) is 27.5 Å². The first-order chi connectivity index (χ1) is 13.3. The molecule has 0 unspecified atom stereocenters. The molecule has 0 aliphatic rings. The van der Waals surface area contributed by atoms with Crippen LogP contribution in [0.25, 0.3) is 0 Å². The highest BCUT2D eigenvalue weighted by Crippen LogP contribution is 2.22. The molecule has 0 saturated carbocycles. The van der Waals surface area contributed by atoms with Crippen LogP contribution in [0.2, 0.25) is 0 Å². The number of hydrogen-bond acceptors (Lipinski definition) is 7. The molecule has 0 bridgehead atoms. The van der Waals surface area contributed by atoms with Crippen LogP contribution < -0.4 is 4.18 Å². The number of rotatable bonds is 7. The fraction of sp³-hybridized carbons (Fsp3) is 0.150. The quantitative estimate of drug-likeness (QED) is 0.251. The summed E-state index contributed by atoms with van der Waals surface area (Å²) in [4.78, 5) is 20.6. The molecule has 8 heteroatoms. The summed E-state index contributed by atoms with van der Waals surface area (Å²) in [5.74, 6) is -0.00867. The van der Waals surface area contributed by atoms with Crippen LogP contribution in [0.15, 0.2) is 70.7 Å². The van der Waals surface area contributed by atoms with Gasteiger partial charge in [-0.05, 0) is 26.0 Å². The van der Waals surface area contributed by atoms with Gasteiger partial charge in [0.2, 0.25) is 5.88 Å². The summed E-state index contributed by atoms with van der Waals surface area (Å²) in [6.07, 6.45) is 0. The number of carbonyl (C=O) groups excluding carboxylic acids is 1. The van der Waals surface area contributed by atoms with Crippen molar-refractivity contribution in [3.8, 4) is 5.88 Å². The summed E-state index contributed by atoms with van der Waals surface area (Å²) in [5, 5.41) is 0.276. The normalized spacial score (nSPS) is 11.2. The Labute approximate surface area is 168 Å². The number of nitrogens with zero attached hydrogens (tertiary/aromatic N) is 2. The van der Waals surface area contributed by atoms with E-state index in [1.165, 1.54) is 18.2 Å². The lowest BCUT2D eigenvalue weighted by atomic mass is 10.2. The maximum atomic E-state index is 12.4. The Bertz CT molecular complexity index is 1080. The molecule has 0 radical (unpaired) electrons. The minimum atomic E-state index is -4.00. The molecule has 0 aliphatic carbocycles. The molecule has 0 atom stereocenters. The molecule has 0 spiro atoms. The number of Topliss-reactive ketones (excluding diaryl/α,β-unsaturated/α-hetero) is 1. The van der Waals surface area contributed by atoms with E-state index in [0.717, 1.165) is 17.3 Å². The lowest BCUT2D eigenvalue weighted by Gasteiger charge is -2.08. The number of hydrogen-bond donors (Lipinski definition) is 0. The molecule has 0 saturated heterocycles. The van der Waals surface area contributed by atoms with E-state index in [2.05, 4.69) is 9.97 Å². The topological polar surface area (TPSA) is 86.2 Å². The van der Waals surface area contributed by atoms with Gasteiger partial charge in [-0.25, -0.2) is 4.98 Å². The van der Waals surface area contributed by atoms with Gasteiger partial charge in [0.1, 0.15) is 4.90 Å². The first-order valence-electron chi connectivity index (χ1n) is 8.41. The third kappa shape index (κ3) is 5.17. The van der Waals surface area contributed by atoms with Gasteiger partial charge in [-0.1, -0.05) is 59.8 Å². The van der Waals surface area contributed by atoms with Crippen LogP contribution >= 0.6 is 11.8 Å². The molecule has 0 aliphatic heterocycles. The average molecular weight is 415 g/mol. The van der Waals surface area contributed by atoms with E-state index < -0.39 is 10.1 Å². The van der Waals surface area contributed by atoms with Crippen LogP contribution in [0.1, 0.15) is 21.6 Å². The second-order valence-corrected chi connectivity index (χ2v) is 8.55. The molecule has 2 aromatic carbocycles. The van der Waals surface area contributed by atoms with Crippen LogP contribution in [0.3, 0.4) is 0 Å². The van der Waals surface area contributed by atoms with Crippen molar-refractivity contribution in [1.82, 2.24) is 9.97 Å². The second-order valence-electron chi connectivity index (χ2n) is 6.06. The van der Waals surface area contributed by atoms with E-state index in [9.17, 15) is 13.2 Å². The molecular formula is C20H18N2O4S2. The van der Waals surface area contributed by atoms with Gasteiger partial charge in [0.25, 0.3) is 0 Å². The zero-order valence-electron chi connectivity index (χ0n) is 15.3. The highest BCUT2D eigenvalue weighted by molar-refractivity contribution is 7.99. The summed E-state index contributed by atoms with van der Waals surface area (Å²) in [6.45, 7) is 3.57. The lowest BCUT2D eigenvalue weighted by Crippen LogP contribution is -2.11. The molecular weight excluding hydrogens is 396 g/mol. The summed E-state index contributed by atoms with van der Waals surface area (Å²) in [5.41, 5.74) is 2.08. The minimum Gasteiger partial charge on any atom is -0.358 e. The van der Waals surface area contributed by atoms with Crippen molar-refractivity contribution < 1.29 is 17.4 Å². The largest absolute Gasteiger partial charge is 0.358 e. The number of aromatic nitrogens is 2. The Kier molecular flexibility index (Phi) is 6.11. The third-order valence-corrected chi connectivity index (χ3v) is 5.83. The van der Waals surface area contributed by atoms with Crippen molar-refractivity contribution in [1.29, 1.82) is 0 Å². The van der Waals surface area contributed by atoms with Crippen molar-refractivity contribution in [3.05, 3.63) is 77.5 Å². The Hall–Kier alpha value is -2.71. The maximum Gasteiger partial charge on any atom is 0.340 e. The first kappa shape index (κ1) is 20.0. The molecule has 6 nitrogen and oxygen atoms in total. The van der Waals surface area contributed by atoms with E-state index in [1.807, 2.05) is 13.0 Å². The Morgan fingerprint density at radius 1 is 1.00 bits per heavy atom. The molecule has 3 rings (SSSR count). The molecule has 144 valence electrons. The molecule has 0 N–H and O–H groups in total. The molecule has 1 heterocycles. The monoisotopic (exact) mass is 414 g/mol. The molecule has 0 amide bonds. The summed E-state index contributed by atoms with van der Waals surface area (Å²) >= 11 is 1.13. The average Bonchev–Trinajstić information content (AvgIpc) is 2.66. The van der Waals surface area contributed by atoms with Gasteiger partial charge in [-0.15, -0.1) is 0 Å². The van der Waals surface area contributed by atoms with Crippen molar-refractivity contribution in [2.45, 2.75) is 23.9 Å². The van der Waals surface area contributed by atoms with Crippen molar-refractivity contribution in [2.75, 3.05) is 5.75 Å². The van der Waals surface area contributed by atoms with E-state index in [1.54, 1.807) is 43.3 Å². The van der Waals surface area contributed by atoms with Crippen molar-refractivity contribution in [2.24, 2.45) is 0 Å². The van der Waals surface area contributed by atoms with Gasteiger partial charge < -0.3 is 4.18 Å². The van der Waals surface area contributed by atoms with Crippen LogP contribution in [0.4, 0.5) is 0 Å². The highest BCUT2D eigenvalue weighted by Gasteiger charge is 2.18. The molecule has 0 fully saturated rings. The van der Waals surface area contributed by atoms with Gasteiger partial charge in [-0.3, -0.25) is 4.79 Å². The number of carbonyl (C=O) groups is 1. The van der Waals surface area contributed by atoms with Gasteiger partial charge in [0, 0.05) is 17.3 Å². The zero-order chi connectivity index (χ0) is 20.1. The first-order valence-corrected chi connectivity index (χ1v) is 10.8. The Balaban J connectivity index is 1.74. The zero-order valence-corrected chi connectivity index (χ0v) is 17.0. The van der Waals surface area contributed by atoms with E-state index in [4.69, 9.17) is 4.18 Å². The van der Waals surface area contributed by atoms with Crippen molar-refractivity contribution in [3.63, 3.8) is 0 Å². The number of ketones is 1. The Morgan fingerprint density at radius 3 is 2.36 bits per heavy atom. The van der Waals surface area contributed by atoms with Gasteiger partial charge >= 0.3 is 10.1 Å². The number of benzene rings is 2. The van der Waals surface area contributed by atoms with Crippen molar-refractivity contribution >= 4 is 27.7 Å². The van der Waals surface area contributed by atoms with Gasteiger partial charge in [0.05, 0.1) is 5.75 Å². The number of thioether (sulfide) groups is 1. The summed E-state index contributed by atoms with van der Waals surface area (Å²) in [7, 11) is -4.00. The highest BCUT2D eigenvalue weighted by atomic mass is 32.2. The van der Waals surface area contributed by atoms with Crippen LogP contribution in [-0.2, 0) is 10.1 Å². The standard InChI is InChI=1S/C20H18N2O4S2/c1-14-8-10-17(11-9-14)28(24,25)26-19-12-15(2)21-20(22-19)27-13-18(23)16-6-4-3-5-7-16/h3-12H,13H2,1-2H3. The van der Waals surface area contributed by atoms with E-state index >= 15 is 0 Å². The van der Waals surface area contributed by atoms with Crippen LogP contribution in [-0.4, -0.2) is 29.9 Å². The fourth-order valence-electron chi connectivity index (χ4n) is 2.32. The predicted octanol–water partition coefficient (Wildman–Crippen LogP) is 3.84. The van der Waals surface area contributed by atoms with Crippen LogP contribution in [0.5, 0.6) is 5.88 Å². The lowest BCUT2D eigenvalue weighted by molar-refractivity contribution is 0.102. The maximum absolute atomic E-state index is 12.4. The van der Waals surface area contributed by atoms with Crippen LogP contribution in [0, 0.1) is 13.8 Å². The molecule has 1 aromatic heterocycles. The molecule has 28 heavy (non-hydrogen) atoms. The van der Waals surface area contributed by atoms with Gasteiger partial charge in [0.15, 0.2) is 10.9 Å². The summed E-state index contributed by atoms with van der Waals surface area (Å²) in [6, 6.07) is 16.7. The minimum absolute atomic E-state index is 0.0443. The smallest absolute Gasteiger partial charge is 0.340 e. The summed E-state index contributed by atoms with van der Waals surface area (Å²) < 4.78 is 30.0. The molecule has 3 aromatic rings. The Morgan fingerprint density at radius 2 is 1.68 bits per heavy atom. The SMILES string of the molecule is Cc1ccc(S(=O)(=O)Oc2cc(C)nc(SCC(=O)c3ccccc3)n2)cc1.